The van der Waals surface area contributed by atoms with E-state index in [0.29, 0.717) is 11.3 Å². The van der Waals surface area contributed by atoms with Crippen molar-refractivity contribution in [3.63, 3.8) is 0 Å². The van der Waals surface area contributed by atoms with E-state index in [9.17, 15) is 19.1 Å². The number of aliphatic hydroxyl groups is 2. The Kier molecular flexibility index (Phi) is 6.81. The average molecular weight is 415 g/mol. The number of halogens is 1. The van der Waals surface area contributed by atoms with Crippen LogP contribution in [0.4, 0.5) is 4.39 Å². The summed E-state index contributed by atoms with van der Waals surface area (Å²) in [5.41, 5.74) is 0.695. The molecule has 158 valence electrons. The second-order valence-electron chi connectivity index (χ2n) is 6.61. The number of amides is 1. The van der Waals surface area contributed by atoms with Crippen LogP contribution in [0.3, 0.4) is 0 Å². The summed E-state index contributed by atoms with van der Waals surface area (Å²) in [5, 5.41) is 19.7. The zero-order valence-corrected chi connectivity index (χ0v) is 16.4. The van der Waals surface area contributed by atoms with Crippen LogP contribution >= 0.6 is 0 Å². The van der Waals surface area contributed by atoms with E-state index >= 15 is 0 Å². The van der Waals surface area contributed by atoms with Crippen molar-refractivity contribution in [1.29, 1.82) is 0 Å². The highest BCUT2D eigenvalue weighted by Gasteiger charge is 2.46. The molecule has 2 aromatic carbocycles. The summed E-state index contributed by atoms with van der Waals surface area (Å²) in [6.45, 7) is 0.114. The van der Waals surface area contributed by atoms with Gasteiger partial charge in [-0.3, -0.25) is 9.59 Å². The Morgan fingerprint density at radius 1 is 1.13 bits per heavy atom. The Morgan fingerprint density at radius 2 is 1.87 bits per heavy atom. The highest BCUT2D eigenvalue weighted by molar-refractivity contribution is 6.46. The number of Topliss-reactive ketones (excluding diaryl/α,β-unsaturated/α-hetero) is 1. The van der Waals surface area contributed by atoms with Gasteiger partial charge >= 0.3 is 0 Å². The topological polar surface area (TPSA) is 96.3 Å². The number of carbonyl (C=O) groups is 2. The maximum absolute atomic E-state index is 13.3. The molecule has 0 radical (unpaired) electrons. The minimum absolute atomic E-state index is 0.0760. The number of carbonyl (C=O) groups excluding carboxylic acids is 2. The molecular weight excluding hydrogens is 393 g/mol. The lowest BCUT2D eigenvalue weighted by Gasteiger charge is -2.25. The van der Waals surface area contributed by atoms with E-state index < -0.39 is 23.5 Å². The number of rotatable bonds is 8. The van der Waals surface area contributed by atoms with Crippen LogP contribution in [0.25, 0.3) is 5.76 Å². The average Bonchev–Trinajstić information content (AvgIpc) is 3.01. The second-order valence-corrected chi connectivity index (χ2v) is 6.61. The summed E-state index contributed by atoms with van der Waals surface area (Å²) < 4.78 is 23.8. The fourth-order valence-electron chi connectivity index (χ4n) is 3.36. The SMILES string of the molecule is COc1cccc(C2C(=C(O)c3ccc(F)cc3)C(=O)C(=O)N2CCOCCO)c1. The first-order valence-corrected chi connectivity index (χ1v) is 9.34. The lowest BCUT2D eigenvalue weighted by Crippen LogP contribution is -2.33. The fraction of sp³-hybridized carbons (Fsp3) is 0.273. The van der Waals surface area contributed by atoms with E-state index in [0.717, 1.165) is 12.1 Å². The largest absolute Gasteiger partial charge is 0.507 e. The van der Waals surface area contributed by atoms with Crippen molar-refractivity contribution in [1.82, 2.24) is 4.90 Å². The van der Waals surface area contributed by atoms with E-state index in [-0.39, 0.29) is 43.3 Å². The van der Waals surface area contributed by atoms with Gasteiger partial charge in [0.1, 0.15) is 17.3 Å². The summed E-state index contributed by atoms with van der Waals surface area (Å²) in [4.78, 5) is 26.9. The van der Waals surface area contributed by atoms with Gasteiger partial charge in [-0.15, -0.1) is 0 Å². The summed E-state index contributed by atoms with van der Waals surface area (Å²) in [6, 6.07) is 11.0. The smallest absolute Gasteiger partial charge is 0.295 e. The molecule has 0 aromatic heterocycles. The molecule has 0 aliphatic carbocycles. The van der Waals surface area contributed by atoms with Gasteiger partial charge in [0.15, 0.2) is 0 Å². The molecular formula is C22H22FNO6. The molecule has 1 unspecified atom stereocenters. The van der Waals surface area contributed by atoms with E-state index in [4.69, 9.17) is 14.6 Å². The predicted molar refractivity (Wildman–Crippen MR) is 106 cm³/mol. The summed E-state index contributed by atoms with van der Waals surface area (Å²) >= 11 is 0. The zero-order chi connectivity index (χ0) is 21.7. The maximum atomic E-state index is 13.3. The molecule has 1 saturated heterocycles. The van der Waals surface area contributed by atoms with Gasteiger partial charge in [-0.05, 0) is 42.0 Å². The molecule has 1 amide bonds. The number of nitrogens with zero attached hydrogens (tertiary/aromatic N) is 1. The number of likely N-dealkylation sites (tertiary alicyclic amines) is 1. The quantitative estimate of drug-likeness (QED) is 0.297. The number of ether oxygens (including phenoxy) is 2. The first-order chi connectivity index (χ1) is 14.5. The van der Waals surface area contributed by atoms with E-state index in [1.165, 1.54) is 24.1 Å². The number of hydrogen-bond donors (Lipinski definition) is 2. The molecule has 0 spiro atoms. The summed E-state index contributed by atoms with van der Waals surface area (Å²) in [5.74, 6) is -1.97. The van der Waals surface area contributed by atoms with Crippen LogP contribution in [0.5, 0.6) is 5.75 Å². The molecule has 7 nitrogen and oxygen atoms in total. The van der Waals surface area contributed by atoms with Gasteiger partial charge in [-0.25, -0.2) is 4.39 Å². The minimum Gasteiger partial charge on any atom is -0.507 e. The first kappa shape index (κ1) is 21.5. The zero-order valence-electron chi connectivity index (χ0n) is 16.4. The third kappa shape index (κ3) is 4.34. The van der Waals surface area contributed by atoms with Crippen LogP contribution in [0.2, 0.25) is 0 Å². The van der Waals surface area contributed by atoms with E-state index in [1.54, 1.807) is 24.3 Å². The molecule has 1 aliphatic rings. The molecule has 3 rings (SSSR count). The highest BCUT2D eigenvalue weighted by atomic mass is 19.1. The molecule has 8 heteroatoms. The standard InChI is InChI=1S/C22H22FNO6/c1-29-17-4-2-3-15(13-17)19-18(20(26)14-5-7-16(23)8-6-14)21(27)22(28)24(19)9-11-30-12-10-25/h2-8,13,19,25-26H,9-12H2,1H3. The molecule has 1 aliphatic heterocycles. The van der Waals surface area contributed by atoms with Crippen molar-refractivity contribution >= 4 is 17.4 Å². The Morgan fingerprint density at radius 3 is 2.53 bits per heavy atom. The predicted octanol–water partition coefficient (Wildman–Crippen LogP) is 2.26. The summed E-state index contributed by atoms with van der Waals surface area (Å²) in [7, 11) is 1.50. The van der Waals surface area contributed by atoms with Crippen molar-refractivity contribution in [3.05, 3.63) is 71.0 Å². The normalized spacial score (nSPS) is 18.1. The van der Waals surface area contributed by atoms with Crippen LogP contribution in [0, 0.1) is 5.82 Å². The lowest BCUT2D eigenvalue weighted by atomic mass is 9.95. The van der Waals surface area contributed by atoms with Crippen LogP contribution < -0.4 is 4.74 Å². The van der Waals surface area contributed by atoms with Crippen molar-refractivity contribution in [2.75, 3.05) is 33.5 Å². The number of methoxy groups -OCH3 is 1. The second kappa shape index (κ2) is 9.51. The van der Waals surface area contributed by atoms with Crippen molar-refractivity contribution in [3.8, 4) is 5.75 Å². The number of aliphatic hydroxyl groups excluding tert-OH is 2. The number of ketones is 1. The third-order valence-electron chi connectivity index (χ3n) is 4.78. The summed E-state index contributed by atoms with van der Waals surface area (Å²) in [6.07, 6.45) is 0. The molecule has 1 fully saturated rings. The van der Waals surface area contributed by atoms with Crippen LogP contribution in [0.15, 0.2) is 54.1 Å². The van der Waals surface area contributed by atoms with Gasteiger partial charge in [0.2, 0.25) is 0 Å². The van der Waals surface area contributed by atoms with Gasteiger partial charge in [0.05, 0.1) is 38.5 Å². The Balaban J connectivity index is 2.08. The maximum Gasteiger partial charge on any atom is 0.295 e. The Labute approximate surface area is 173 Å². The Hall–Kier alpha value is -3.23. The molecule has 2 aromatic rings. The molecule has 1 atom stereocenters. The van der Waals surface area contributed by atoms with Crippen LogP contribution in [-0.2, 0) is 14.3 Å². The molecule has 0 saturated carbocycles. The highest BCUT2D eigenvalue weighted by Crippen LogP contribution is 2.40. The first-order valence-electron chi connectivity index (χ1n) is 9.34. The van der Waals surface area contributed by atoms with Gasteiger partial charge in [0.25, 0.3) is 11.7 Å². The van der Waals surface area contributed by atoms with Crippen LogP contribution in [-0.4, -0.2) is 60.3 Å². The van der Waals surface area contributed by atoms with Crippen LogP contribution in [0.1, 0.15) is 17.2 Å². The van der Waals surface area contributed by atoms with Crippen molar-refractivity contribution in [2.45, 2.75) is 6.04 Å². The van der Waals surface area contributed by atoms with E-state index in [2.05, 4.69) is 0 Å². The van der Waals surface area contributed by atoms with E-state index in [1.807, 2.05) is 0 Å². The number of hydrogen-bond acceptors (Lipinski definition) is 6. The third-order valence-corrected chi connectivity index (χ3v) is 4.78. The minimum atomic E-state index is -0.872. The Bertz CT molecular complexity index is 956. The monoisotopic (exact) mass is 415 g/mol. The number of benzene rings is 2. The van der Waals surface area contributed by atoms with Gasteiger partial charge in [-0.2, -0.15) is 0 Å². The van der Waals surface area contributed by atoms with Gasteiger partial charge < -0.3 is 24.6 Å². The van der Waals surface area contributed by atoms with Gasteiger partial charge in [-0.1, -0.05) is 12.1 Å². The molecule has 0 bridgehead atoms. The lowest BCUT2D eigenvalue weighted by molar-refractivity contribution is -0.140. The van der Waals surface area contributed by atoms with Gasteiger partial charge in [0, 0.05) is 12.1 Å². The fourth-order valence-corrected chi connectivity index (χ4v) is 3.36. The van der Waals surface area contributed by atoms with Crippen molar-refractivity contribution in [2.24, 2.45) is 0 Å². The molecule has 2 N–H and O–H groups in total. The molecule has 1 heterocycles. The van der Waals surface area contributed by atoms with Crippen molar-refractivity contribution < 1.29 is 33.7 Å². The molecule has 30 heavy (non-hydrogen) atoms.